The van der Waals surface area contributed by atoms with Gasteiger partial charge in [-0.2, -0.15) is 0 Å². The molecule has 0 spiro atoms. The fraction of sp³-hybridized carbons (Fsp3) is 0.875. The molecular weight excluding hydrogens is 254 g/mol. The number of hydrogen-bond donors (Lipinski definition) is 0. The second-order valence-electron chi connectivity index (χ2n) is 6.27. The molecule has 1 amide bonds. The normalized spacial score (nSPS) is 17.9. The maximum atomic E-state index is 12.5. The topological polar surface area (TPSA) is 46.6 Å². The molecule has 0 aliphatic heterocycles. The van der Waals surface area contributed by atoms with Crippen molar-refractivity contribution < 1.29 is 14.3 Å². The Labute approximate surface area is 122 Å². The molecule has 0 saturated heterocycles. The van der Waals surface area contributed by atoms with Gasteiger partial charge in [0, 0.05) is 19.0 Å². The quantitative estimate of drug-likeness (QED) is 0.704. The van der Waals surface area contributed by atoms with Crippen LogP contribution in [0.2, 0.25) is 0 Å². The molecule has 1 fully saturated rings. The van der Waals surface area contributed by atoms with Gasteiger partial charge in [-0.25, -0.2) is 0 Å². The highest BCUT2D eigenvalue weighted by Gasteiger charge is 2.26. The minimum Gasteiger partial charge on any atom is -0.469 e. The molecular formula is C16H29NO3. The van der Waals surface area contributed by atoms with Gasteiger partial charge in [0.25, 0.3) is 0 Å². The number of esters is 1. The molecule has 0 bridgehead atoms. The van der Waals surface area contributed by atoms with E-state index in [2.05, 4.69) is 0 Å². The Kier molecular flexibility index (Phi) is 7.03. The molecule has 1 unspecified atom stereocenters. The lowest BCUT2D eigenvalue weighted by atomic mass is 9.86. The number of rotatable bonds is 6. The van der Waals surface area contributed by atoms with E-state index in [1.165, 1.54) is 39.2 Å². The summed E-state index contributed by atoms with van der Waals surface area (Å²) in [6.45, 7) is 6.27. The molecule has 0 N–H and O–H groups in total. The fourth-order valence-corrected chi connectivity index (χ4v) is 2.93. The Morgan fingerprint density at radius 2 is 1.75 bits per heavy atom. The Morgan fingerprint density at radius 3 is 2.25 bits per heavy atom. The van der Waals surface area contributed by atoms with Crippen LogP contribution in [0.4, 0.5) is 0 Å². The van der Waals surface area contributed by atoms with E-state index in [1.807, 2.05) is 25.7 Å². The van der Waals surface area contributed by atoms with E-state index in [0.29, 0.717) is 18.9 Å². The summed E-state index contributed by atoms with van der Waals surface area (Å²) in [6.07, 6.45) is 6.77. The number of methoxy groups -OCH3 is 1. The highest BCUT2D eigenvalue weighted by atomic mass is 16.5. The molecule has 116 valence electrons. The highest BCUT2D eigenvalue weighted by Crippen LogP contribution is 2.27. The molecule has 1 saturated carbocycles. The van der Waals surface area contributed by atoms with E-state index in [-0.39, 0.29) is 23.8 Å². The first kappa shape index (κ1) is 17.0. The molecule has 1 atom stereocenters. The van der Waals surface area contributed by atoms with Gasteiger partial charge in [0.2, 0.25) is 5.91 Å². The largest absolute Gasteiger partial charge is 0.469 e. The van der Waals surface area contributed by atoms with Gasteiger partial charge >= 0.3 is 5.97 Å². The van der Waals surface area contributed by atoms with E-state index >= 15 is 0 Å². The van der Waals surface area contributed by atoms with Crippen molar-refractivity contribution in [3.8, 4) is 0 Å². The number of carbonyl (C=O) groups is 2. The lowest BCUT2D eigenvalue weighted by Crippen LogP contribution is -2.42. The van der Waals surface area contributed by atoms with Gasteiger partial charge in [-0.05, 0) is 32.6 Å². The van der Waals surface area contributed by atoms with Crippen LogP contribution in [0.3, 0.4) is 0 Å². The predicted octanol–water partition coefficient (Wildman–Crippen LogP) is 3.00. The van der Waals surface area contributed by atoms with E-state index in [9.17, 15) is 9.59 Å². The molecule has 1 rings (SSSR count). The highest BCUT2D eigenvalue weighted by molar-refractivity contribution is 5.78. The summed E-state index contributed by atoms with van der Waals surface area (Å²) >= 11 is 0. The maximum absolute atomic E-state index is 12.5. The van der Waals surface area contributed by atoms with Crippen molar-refractivity contribution in [1.29, 1.82) is 0 Å². The van der Waals surface area contributed by atoms with Crippen molar-refractivity contribution in [3.05, 3.63) is 0 Å². The van der Waals surface area contributed by atoms with E-state index in [4.69, 9.17) is 4.74 Å². The molecule has 0 aromatic heterocycles. The summed E-state index contributed by atoms with van der Waals surface area (Å²) in [5.74, 6) is 0.201. The summed E-state index contributed by atoms with van der Waals surface area (Å²) in [7, 11) is 1.39. The van der Waals surface area contributed by atoms with Gasteiger partial charge in [0.05, 0.1) is 13.0 Å². The summed E-state index contributed by atoms with van der Waals surface area (Å²) in [6, 6.07) is 0.123. The summed E-state index contributed by atoms with van der Waals surface area (Å²) in [5, 5.41) is 0. The number of ether oxygens (including phenoxy) is 1. The van der Waals surface area contributed by atoms with Gasteiger partial charge in [-0.3, -0.25) is 9.59 Å². The Hall–Kier alpha value is -1.06. The van der Waals surface area contributed by atoms with Gasteiger partial charge in [0.15, 0.2) is 0 Å². The number of amides is 1. The first-order chi connectivity index (χ1) is 9.45. The minimum absolute atomic E-state index is 0.123. The van der Waals surface area contributed by atoms with Crippen LogP contribution in [-0.2, 0) is 14.3 Å². The van der Waals surface area contributed by atoms with Crippen molar-refractivity contribution >= 4 is 11.9 Å². The maximum Gasteiger partial charge on any atom is 0.310 e. The molecule has 4 heteroatoms. The van der Waals surface area contributed by atoms with E-state index < -0.39 is 0 Å². The molecule has 20 heavy (non-hydrogen) atoms. The van der Waals surface area contributed by atoms with E-state index in [0.717, 1.165) is 0 Å². The van der Waals surface area contributed by atoms with Crippen molar-refractivity contribution in [1.82, 2.24) is 4.90 Å². The third-order valence-electron chi connectivity index (χ3n) is 4.21. The second-order valence-corrected chi connectivity index (χ2v) is 6.27. The Balaban J connectivity index is 2.55. The molecule has 0 aromatic carbocycles. The van der Waals surface area contributed by atoms with E-state index in [1.54, 1.807) is 0 Å². The van der Waals surface area contributed by atoms with Crippen molar-refractivity contribution in [3.63, 3.8) is 0 Å². The molecule has 4 nitrogen and oxygen atoms in total. The fourth-order valence-electron chi connectivity index (χ4n) is 2.93. The third-order valence-corrected chi connectivity index (χ3v) is 4.21. The minimum atomic E-state index is -0.266. The average Bonchev–Trinajstić information content (AvgIpc) is 2.44. The zero-order valence-electron chi connectivity index (χ0n) is 13.4. The van der Waals surface area contributed by atoms with Crippen molar-refractivity contribution in [2.24, 2.45) is 11.8 Å². The van der Waals surface area contributed by atoms with Crippen LogP contribution in [0.25, 0.3) is 0 Å². The van der Waals surface area contributed by atoms with Crippen LogP contribution in [0.15, 0.2) is 0 Å². The first-order valence-electron chi connectivity index (χ1n) is 7.83. The van der Waals surface area contributed by atoms with Crippen molar-refractivity contribution in [2.45, 2.75) is 65.3 Å². The SMILES string of the molecule is COC(=O)C(C)CN(C(=O)CC1CCCCC1)C(C)C. The molecule has 0 aromatic rings. The monoisotopic (exact) mass is 283 g/mol. The molecule has 1 aliphatic carbocycles. The lowest BCUT2D eigenvalue weighted by Gasteiger charge is -2.31. The molecule has 1 aliphatic rings. The van der Waals surface area contributed by atoms with Gasteiger partial charge in [-0.1, -0.05) is 26.2 Å². The summed E-state index contributed by atoms with van der Waals surface area (Å²) in [5.41, 5.74) is 0. The van der Waals surface area contributed by atoms with Crippen molar-refractivity contribution in [2.75, 3.05) is 13.7 Å². The smallest absolute Gasteiger partial charge is 0.310 e. The summed E-state index contributed by atoms with van der Waals surface area (Å²) in [4.78, 5) is 25.8. The second kappa shape index (κ2) is 8.28. The average molecular weight is 283 g/mol. The van der Waals surface area contributed by atoms with Gasteiger partial charge in [-0.15, -0.1) is 0 Å². The predicted molar refractivity (Wildman–Crippen MR) is 79.2 cm³/mol. The number of nitrogens with zero attached hydrogens (tertiary/aromatic N) is 1. The van der Waals surface area contributed by atoms with Crippen LogP contribution in [0.5, 0.6) is 0 Å². The van der Waals surface area contributed by atoms with Gasteiger partial charge in [0.1, 0.15) is 0 Å². The van der Waals surface area contributed by atoms with Crippen LogP contribution in [-0.4, -0.2) is 36.5 Å². The van der Waals surface area contributed by atoms with Crippen LogP contribution >= 0.6 is 0 Å². The lowest BCUT2D eigenvalue weighted by molar-refractivity contribution is -0.147. The standard InChI is InChI=1S/C16H29NO3/c1-12(2)17(11-13(3)16(19)20-4)15(18)10-14-8-6-5-7-9-14/h12-14H,5-11H2,1-4H3. The molecule has 0 heterocycles. The zero-order valence-corrected chi connectivity index (χ0v) is 13.4. The first-order valence-corrected chi connectivity index (χ1v) is 7.83. The van der Waals surface area contributed by atoms with Crippen LogP contribution < -0.4 is 0 Å². The number of carbonyl (C=O) groups excluding carboxylic acids is 2. The third kappa shape index (κ3) is 5.14. The van der Waals surface area contributed by atoms with Crippen LogP contribution in [0.1, 0.15) is 59.3 Å². The van der Waals surface area contributed by atoms with Crippen LogP contribution in [0, 0.1) is 11.8 Å². The van der Waals surface area contributed by atoms with Gasteiger partial charge < -0.3 is 9.64 Å². The number of hydrogen-bond acceptors (Lipinski definition) is 3. The summed E-state index contributed by atoms with van der Waals surface area (Å²) < 4.78 is 4.75. The Bertz CT molecular complexity index is 322. The zero-order chi connectivity index (χ0) is 15.1. The molecule has 0 radical (unpaired) electrons. The Morgan fingerprint density at radius 1 is 1.15 bits per heavy atom.